The first-order chi connectivity index (χ1) is 8.02. The van der Waals surface area contributed by atoms with Crippen LogP contribution in [0.3, 0.4) is 0 Å². The molecule has 17 heavy (non-hydrogen) atoms. The Morgan fingerprint density at radius 3 is 2.71 bits per heavy atom. The van der Waals surface area contributed by atoms with Crippen molar-refractivity contribution < 1.29 is 19.4 Å². The molecule has 1 rings (SSSR count). The van der Waals surface area contributed by atoms with Crippen LogP contribution in [0.5, 0.6) is 5.75 Å². The first-order valence-corrected chi connectivity index (χ1v) is 5.44. The Hall–Kier alpha value is -1.62. The zero-order valence-corrected chi connectivity index (χ0v) is 9.69. The minimum absolute atomic E-state index is 0.0731. The summed E-state index contributed by atoms with van der Waals surface area (Å²) in [5, 5.41) is 17.8. The zero-order chi connectivity index (χ0) is 12.8. The maximum Gasteiger partial charge on any atom is 0.317 e. The van der Waals surface area contributed by atoms with Gasteiger partial charge in [-0.15, -0.1) is 0 Å². The lowest BCUT2D eigenvalue weighted by Gasteiger charge is -2.19. The minimum atomic E-state index is -0.905. The number of rotatable bonds is 6. The largest absolute Gasteiger partial charge is 0.505 e. The van der Waals surface area contributed by atoms with Crippen molar-refractivity contribution in [1.29, 1.82) is 0 Å². The van der Waals surface area contributed by atoms with Crippen molar-refractivity contribution in [3.8, 4) is 5.75 Å². The molecule has 0 fully saturated rings. The summed E-state index contributed by atoms with van der Waals surface area (Å²) in [6, 6.07) is 4.08. The summed E-state index contributed by atoms with van der Waals surface area (Å²) in [6.45, 7) is 2.87. The molecule has 5 heteroatoms. The maximum atomic E-state index is 13.1. The summed E-state index contributed by atoms with van der Waals surface area (Å²) in [7, 11) is 0. The van der Waals surface area contributed by atoms with E-state index in [1.165, 1.54) is 12.1 Å². The van der Waals surface area contributed by atoms with Crippen LogP contribution in [0.4, 0.5) is 4.39 Å². The van der Waals surface area contributed by atoms with Gasteiger partial charge in [0.05, 0.1) is 6.54 Å². The fourth-order valence-electron chi connectivity index (χ4n) is 1.63. The number of nitrogens with zero attached hydrogens (tertiary/aromatic N) is 1. The second kappa shape index (κ2) is 6.20. The van der Waals surface area contributed by atoms with E-state index in [-0.39, 0.29) is 6.54 Å². The number of aliphatic carboxylic acids is 1. The molecule has 1 aromatic carbocycles. The van der Waals surface area contributed by atoms with Crippen molar-refractivity contribution in [3.63, 3.8) is 0 Å². The number of aromatic hydroxyl groups is 1. The number of halogens is 1. The number of phenolic OH excluding ortho intramolecular Hbond substituents is 1. The van der Waals surface area contributed by atoms with E-state index in [1.54, 1.807) is 11.0 Å². The molecule has 2 N–H and O–H groups in total. The molecule has 0 amide bonds. The van der Waals surface area contributed by atoms with Gasteiger partial charge in [-0.05, 0) is 30.7 Å². The number of phenols is 1. The van der Waals surface area contributed by atoms with Crippen LogP contribution in [0.1, 0.15) is 18.9 Å². The Morgan fingerprint density at radius 1 is 1.47 bits per heavy atom. The number of hydrogen-bond donors (Lipinski definition) is 2. The summed E-state index contributed by atoms with van der Waals surface area (Å²) < 4.78 is 13.1. The van der Waals surface area contributed by atoms with Crippen LogP contribution >= 0.6 is 0 Å². The van der Waals surface area contributed by atoms with Gasteiger partial charge in [0, 0.05) is 6.54 Å². The van der Waals surface area contributed by atoms with Gasteiger partial charge < -0.3 is 10.2 Å². The smallest absolute Gasteiger partial charge is 0.317 e. The molecule has 1 aromatic rings. The van der Waals surface area contributed by atoms with Gasteiger partial charge in [0.25, 0.3) is 0 Å². The lowest BCUT2D eigenvalue weighted by Crippen LogP contribution is -2.30. The second-order valence-corrected chi connectivity index (χ2v) is 3.89. The lowest BCUT2D eigenvalue weighted by atomic mass is 10.2. The highest BCUT2D eigenvalue weighted by Gasteiger charge is 2.10. The summed E-state index contributed by atoms with van der Waals surface area (Å²) in [4.78, 5) is 12.4. The van der Waals surface area contributed by atoms with Crippen LogP contribution in [-0.2, 0) is 11.3 Å². The van der Waals surface area contributed by atoms with Gasteiger partial charge in [-0.25, -0.2) is 4.39 Å². The molecule has 0 saturated heterocycles. The standard InChI is InChI=1S/C12H16FNO3/c1-2-5-14(8-12(16)17)7-9-3-4-11(15)10(13)6-9/h3-4,6,15H,2,5,7-8H2,1H3,(H,16,17). The molecule has 0 aromatic heterocycles. The van der Waals surface area contributed by atoms with Gasteiger partial charge in [0.15, 0.2) is 11.6 Å². The Kier molecular flexibility index (Phi) is 4.90. The van der Waals surface area contributed by atoms with Crippen molar-refractivity contribution in [2.24, 2.45) is 0 Å². The predicted octanol–water partition coefficient (Wildman–Crippen LogP) is 1.83. The molecule has 0 aliphatic heterocycles. The number of carboxylic acid groups (broad SMARTS) is 1. The van der Waals surface area contributed by atoms with Crippen LogP contribution in [-0.4, -0.2) is 34.2 Å². The summed E-state index contributed by atoms with van der Waals surface area (Å²) in [5.74, 6) is -1.99. The third-order valence-electron chi connectivity index (χ3n) is 2.32. The predicted molar refractivity (Wildman–Crippen MR) is 61.3 cm³/mol. The van der Waals surface area contributed by atoms with E-state index in [4.69, 9.17) is 10.2 Å². The molecule has 0 atom stereocenters. The summed E-state index contributed by atoms with van der Waals surface area (Å²) >= 11 is 0. The molecule has 0 radical (unpaired) electrons. The number of benzene rings is 1. The van der Waals surface area contributed by atoms with E-state index in [2.05, 4.69) is 0 Å². The lowest BCUT2D eigenvalue weighted by molar-refractivity contribution is -0.138. The van der Waals surface area contributed by atoms with Crippen LogP contribution in [0.15, 0.2) is 18.2 Å². The van der Waals surface area contributed by atoms with Gasteiger partial charge >= 0.3 is 5.97 Å². The Balaban J connectivity index is 2.71. The van der Waals surface area contributed by atoms with Crippen molar-refractivity contribution in [3.05, 3.63) is 29.6 Å². The Bertz CT molecular complexity index is 395. The highest BCUT2D eigenvalue weighted by Crippen LogP contribution is 2.17. The molecule has 0 aliphatic carbocycles. The minimum Gasteiger partial charge on any atom is -0.505 e. The van der Waals surface area contributed by atoms with Crippen LogP contribution in [0.25, 0.3) is 0 Å². The van der Waals surface area contributed by atoms with Gasteiger partial charge in [-0.3, -0.25) is 9.69 Å². The molecule has 4 nitrogen and oxygen atoms in total. The average molecular weight is 241 g/mol. The quantitative estimate of drug-likeness (QED) is 0.797. The number of carboxylic acids is 1. The number of carbonyl (C=O) groups is 1. The Labute approximate surface area is 99.3 Å². The van der Waals surface area contributed by atoms with Crippen molar-refractivity contribution >= 4 is 5.97 Å². The van der Waals surface area contributed by atoms with E-state index in [9.17, 15) is 9.18 Å². The molecule has 0 heterocycles. The van der Waals surface area contributed by atoms with E-state index in [0.29, 0.717) is 18.7 Å². The SMILES string of the molecule is CCCN(CC(=O)O)Cc1ccc(O)c(F)c1. The Morgan fingerprint density at radius 2 is 2.18 bits per heavy atom. The fraction of sp³-hybridized carbons (Fsp3) is 0.417. The normalized spacial score (nSPS) is 10.8. The molecular weight excluding hydrogens is 225 g/mol. The first-order valence-electron chi connectivity index (χ1n) is 5.44. The number of hydrogen-bond acceptors (Lipinski definition) is 3. The van der Waals surface area contributed by atoms with E-state index < -0.39 is 17.5 Å². The highest BCUT2D eigenvalue weighted by atomic mass is 19.1. The maximum absolute atomic E-state index is 13.1. The molecule has 0 saturated carbocycles. The van der Waals surface area contributed by atoms with E-state index in [1.807, 2.05) is 6.92 Å². The molecule has 0 spiro atoms. The second-order valence-electron chi connectivity index (χ2n) is 3.89. The van der Waals surface area contributed by atoms with Crippen LogP contribution in [0, 0.1) is 5.82 Å². The monoisotopic (exact) mass is 241 g/mol. The average Bonchev–Trinajstić information content (AvgIpc) is 2.23. The summed E-state index contributed by atoms with van der Waals surface area (Å²) in [5.41, 5.74) is 0.648. The highest BCUT2D eigenvalue weighted by molar-refractivity contribution is 5.69. The first kappa shape index (κ1) is 13.4. The molecule has 94 valence electrons. The van der Waals surface area contributed by atoms with Crippen molar-refractivity contribution in [1.82, 2.24) is 4.90 Å². The van der Waals surface area contributed by atoms with Crippen LogP contribution in [0.2, 0.25) is 0 Å². The van der Waals surface area contributed by atoms with Gasteiger partial charge in [0.1, 0.15) is 0 Å². The molecule has 0 bridgehead atoms. The van der Waals surface area contributed by atoms with Gasteiger partial charge in [0.2, 0.25) is 0 Å². The van der Waals surface area contributed by atoms with Gasteiger partial charge in [-0.1, -0.05) is 13.0 Å². The third kappa shape index (κ3) is 4.40. The molecule has 0 unspecified atom stereocenters. The zero-order valence-electron chi connectivity index (χ0n) is 9.69. The summed E-state index contributed by atoms with van der Waals surface area (Å²) in [6.07, 6.45) is 0.827. The topological polar surface area (TPSA) is 60.8 Å². The van der Waals surface area contributed by atoms with E-state index in [0.717, 1.165) is 6.42 Å². The van der Waals surface area contributed by atoms with E-state index >= 15 is 0 Å². The molecule has 0 aliphatic rings. The van der Waals surface area contributed by atoms with Crippen LogP contribution < -0.4 is 0 Å². The van der Waals surface area contributed by atoms with Gasteiger partial charge in [-0.2, -0.15) is 0 Å². The van der Waals surface area contributed by atoms with Crippen molar-refractivity contribution in [2.75, 3.05) is 13.1 Å². The third-order valence-corrected chi connectivity index (χ3v) is 2.32. The fourth-order valence-corrected chi connectivity index (χ4v) is 1.63. The van der Waals surface area contributed by atoms with Crippen molar-refractivity contribution in [2.45, 2.75) is 19.9 Å². The molecular formula is C12H16FNO3.